The molecule has 1 aromatic heterocycles. The van der Waals surface area contributed by atoms with Gasteiger partial charge in [-0.2, -0.15) is 0 Å². The molecule has 0 unspecified atom stereocenters. The lowest BCUT2D eigenvalue weighted by molar-refractivity contribution is 0.0945. The molecule has 2 N–H and O–H groups in total. The summed E-state index contributed by atoms with van der Waals surface area (Å²) in [5, 5.41) is 0. The maximum absolute atomic E-state index is 11.4. The van der Waals surface area contributed by atoms with Crippen LogP contribution in [0.3, 0.4) is 0 Å². The number of rotatable bonds is 5. The predicted molar refractivity (Wildman–Crippen MR) is 58.9 cm³/mol. The molecule has 0 aliphatic carbocycles. The Kier molecular flexibility index (Phi) is 4.39. The van der Waals surface area contributed by atoms with E-state index in [2.05, 4.69) is 10.4 Å². The predicted octanol–water partition coefficient (Wildman–Crippen LogP) is 0.0558. The fourth-order valence-corrected chi connectivity index (χ4v) is 1.91. The van der Waals surface area contributed by atoms with Crippen LogP contribution in [0.1, 0.15) is 23.7 Å². The van der Waals surface area contributed by atoms with Crippen LogP contribution < -0.4 is 10.3 Å². The van der Waals surface area contributed by atoms with Gasteiger partial charge in [-0.1, -0.05) is 6.92 Å². The second kappa shape index (κ2) is 5.57. The summed E-state index contributed by atoms with van der Waals surface area (Å²) in [6, 6.07) is 2.98. The van der Waals surface area contributed by atoms with Crippen LogP contribution in [-0.4, -0.2) is 25.1 Å². The third kappa shape index (κ3) is 3.95. The molecule has 0 aromatic carbocycles. The number of hydrogen-bond acceptors (Lipinski definition) is 4. The number of hydrogen-bond donors (Lipinski definition) is 2. The van der Waals surface area contributed by atoms with Gasteiger partial charge >= 0.3 is 0 Å². The number of nitrogens with zero attached hydrogens (tertiary/aromatic N) is 1. The quantitative estimate of drug-likeness (QED) is 0.715. The molecule has 1 heterocycles. The molecule has 0 aliphatic heterocycles. The van der Waals surface area contributed by atoms with Crippen LogP contribution in [0.15, 0.2) is 24.5 Å². The third-order valence-electron chi connectivity index (χ3n) is 1.74. The van der Waals surface area contributed by atoms with E-state index in [9.17, 15) is 13.2 Å². The normalized spacial score (nSPS) is 11.1. The van der Waals surface area contributed by atoms with E-state index in [1.54, 1.807) is 6.92 Å². The molecule has 1 amide bonds. The molecule has 0 saturated heterocycles. The average Bonchev–Trinajstić information content (AvgIpc) is 2.27. The zero-order valence-corrected chi connectivity index (χ0v) is 9.62. The largest absolute Gasteiger partial charge is 0.274 e. The molecular formula is C9H13N3O3S. The van der Waals surface area contributed by atoms with Crippen LogP contribution in [0.25, 0.3) is 0 Å². The van der Waals surface area contributed by atoms with Gasteiger partial charge in [0.15, 0.2) is 0 Å². The van der Waals surface area contributed by atoms with Gasteiger partial charge in [0.05, 0.1) is 5.75 Å². The Balaban J connectivity index is 2.54. The van der Waals surface area contributed by atoms with Gasteiger partial charge in [0.1, 0.15) is 0 Å². The van der Waals surface area contributed by atoms with Gasteiger partial charge in [-0.15, -0.1) is 4.83 Å². The van der Waals surface area contributed by atoms with E-state index in [0.29, 0.717) is 12.0 Å². The van der Waals surface area contributed by atoms with Crippen molar-refractivity contribution < 1.29 is 13.2 Å². The minimum absolute atomic E-state index is 0.0242. The molecule has 0 radical (unpaired) electrons. The van der Waals surface area contributed by atoms with Crippen LogP contribution in [0, 0.1) is 0 Å². The van der Waals surface area contributed by atoms with Crippen LogP contribution in [0.4, 0.5) is 0 Å². The van der Waals surface area contributed by atoms with E-state index in [-0.39, 0.29) is 5.75 Å². The molecule has 6 nitrogen and oxygen atoms in total. The first-order valence-electron chi connectivity index (χ1n) is 4.75. The van der Waals surface area contributed by atoms with Crippen molar-refractivity contribution in [3.8, 4) is 0 Å². The minimum atomic E-state index is -3.43. The highest BCUT2D eigenvalue weighted by Gasteiger charge is 2.10. The number of carbonyl (C=O) groups excluding carboxylic acids is 1. The van der Waals surface area contributed by atoms with Crippen LogP contribution in [0.5, 0.6) is 0 Å². The summed E-state index contributed by atoms with van der Waals surface area (Å²) in [5.41, 5.74) is 2.46. The van der Waals surface area contributed by atoms with Gasteiger partial charge in [0, 0.05) is 18.0 Å². The van der Waals surface area contributed by atoms with Gasteiger partial charge in [-0.3, -0.25) is 15.2 Å². The van der Waals surface area contributed by atoms with Crippen molar-refractivity contribution in [1.29, 1.82) is 0 Å². The fraction of sp³-hybridized carbons (Fsp3) is 0.333. The van der Waals surface area contributed by atoms with Crippen molar-refractivity contribution in [2.75, 3.05) is 5.75 Å². The molecule has 0 aliphatic rings. The third-order valence-corrected chi connectivity index (χ3v) is 3.09. The maximum Gasteiger partial charge on any atom is 0.266 e. The van der Waals surface area contributed by atoms with Gasteiger partial charge < -0.3 is 0 Å². The number of amides is 1. The summed E-state index contributed by atoms with van der Waals surface area (Å²) < 4.78 is 22.5. The van der Waals surface area contributed by atoms with E-state index >= 15 is 0 Å². The Morgan fingerprint density at radius 3 is 2.56 bits per heavy atom. The maximum atomic E-state index is 11.4. The van der Waals surface area contributed by atoms with Gasteiger partial charge in [-0.25, -0.2) is 8.42 Å². The molecule has 0 saturated carbocycles. The van der Waals surface area contributed by atoms with Gasteiger partial charge in [0.2, 0.25) is 10.0 Å². The highest BCUT2D eigenvalue weighted by atomic mass is 32.2. The smallest absolute Gasteiger partial charge is 0.266 e. The first kappa shape index (κ1) is 12.6. The molecule has 7 heteroatoms. The number of pyridine rings is 1. The first-order chi connectivity index (χ1) is 7.55. The summed E-state index contributed by atoms with van der Waals surface area (Å²) in [4.78, 5) is 17.2. The van der Waals surface area contributed by atoms with Crippen LogP contribution in [0.2, 0.25) is 0 Å². The standard InChI is InChI=1S/C9H13N3O3S/c1-2-7-16(14,15)12-11-9(13)8-3-5-10-6-4-8/h3-6,12H,2,7H2,1H3,(H,11,13). The second-order valence-corrected chi connectivity index (χ2v) is 4.95. The lowest BCUT2D eigenvalue weighted by atomic mass is 10.3. The molecule has 88 valence electrons. The number of aromatic nitrogens is 1. The Labute approximate surface area is 94.1 Å². The Morgan fingerprint density at radius 2 is 2.00 bits per heavy atom. The Bertz CT molecular complexity index is 444. The number of hydrazine groups is 1. The fourth-order valence-electron chi connectivity index (χ4n) is 1.02. The highest BCUT2D eigenvalue weighted by molar-refractivity contribution is 7.89. The van der Waals surface area contributed by atoms with E-state index in [0.717, 1.165) is 0 Å². The minimum Gasteiger partial charge on any atom is -0.274 e. The highest BCUT2D eigenvalue weighted by Crippen LogP contribution is 1.95. The first-order valence-corrected chi connectivity index (χ1v) is 6.40. The van der Waals surface area contributed by atoms with Crippen molar-refractivity contribution in [2.45, 2.75) is 13.3 Å². The average molecular weight is 243 g/mol. The zero-order chi connectivity index (χ0) is 12.0. The summed E-state index contributed by atoms with van der Waals surface area (Å²) in [7, 11) is -3.43. The molecule has 0 spiro atoms. The van der Waals surface area contributed by atoms with Crippen molar-refractivity contribution in [3.05, 3.63) is 30.1 Å². The van der Waals surface area contributed by atoms with E-state index in [4.69, 9.17) is 0 Å². The van der Waals surface area contributed by atoms with Crippen molar-refractivity contribution in [1.82, 2.24) is 15.2 Å². The Morgan fingerprint density at radius 1 is 1.38 bits per heavy atom. The second-order valence-electron chi connectivity index (χ2n) is 3.11. The SMILES string of the molecule is CCCS(=O)(=O)NNC(=O)c1ccncc1. The number of nitrogens with one attached hydrogen (secondary N) is 2. The Hall–Kier alpha value is -1.47. The lowest BCUT2D eigenvalue weighted by Crippen LogP contribution is -2.42. The van der Waals surface area contributed by atoms with E-state index in [1.807, 2.05) is 4.83 Å². The molecule has 0 fully saturated rings. The molecule has 16 heavy (non-hydrogen) atoms. The van der Waals surface area contributed by atoms with Crippen molar-refractivity contribution in [3.63, 3.8) is 0 Å². The zero-order valence-electron chi connectivity index (χ0n) is 8.80. The topological polar surface area (TPSA) is 88.2 Å². The molecule has 1 rings (SSSR count). The molecule has 0 atom stereocenters. The van der Waals surface area contributed by atoms with E-state index in [1.165, 1.54) is 24.5 Å². The number of sulfonamides is 1. The summed E-state index contributed by atoms with van der Waals surface area (Å²) in [5.74, 6) is -0.536. The van der Waals surface area contributed by atoms with Gasteiger partial charge in [0.25, 0.3) is 5.91 Å². The molecular weight excluding hydrogens is 230 g/mol. The monoisotopic (exact) mass is 243 g/mol. The number of carbonyl (C=O) groups is 1. The van der Waals surface area contributed by atoms with Crippen LogP contribution in [-0.2, 0) is 10.0 Å². The summed E-state index contributed by atoms with van der Waals surface area (Å²) in [6.07, 6.45) is 3.39. The molecule has 1 aromatic rings. The van der Waals surface area contributed by atoms with Crippen molar-refractivity contribution >= 4 is 15.9 Å². The summed E-state index contributed by atoms with van der Waals surface area (Å²) >= 11 is 0. The summed E-state index contributed by atoms with van der Waals surface area (Å²) in [6.45, 7) is 1.74. The molecule has 0 bridgehead atoms. The lowest BCUT2D eigenvalue weighted by Gasteiger charge is -2.06. The van der Waals surface area contributed by atoms with Gasteiger partial charge in [-0.05, 0) is 18.6 Å². The van der Waals surface area contributed by atoms with Crippen LogP contribution >= 0.6 is 0 Å². The van der Waals surface area contributed by atoms with Crippen molar-refractivity contribution in [2.24, 2.45) is 0 Å². The van der Waals surface area contributed by atoms with E-state index < -0.39 is 15.9 Å².